The molecule has 4 nitrogen and oxygen atoms in total. The number of hydrogen-bond donors (Lipinski definition) is 0. The van der Waals surface area contributed by atoms with E-state index in [2.05, 4.69) is 16.9 Å². The Morgan fingerprint density at radius 1 is 1.37 bits per heavy atom. The fourth-order valence-corrected chi connectivity index (χ4v) is 2.37. The number of hydrogen-bond acceptors (Lipinski definition) is 4. The molecule has 1 aromatic heterocycles. The van der Waals surface area contributed by atoms with Gasteiger partial charge in [0.2, 0.25) is 0 Å². The van der Waals surface area contributed by atoms with E-state index in [9.17, 15) is 0 Å². The predicted molar refractivity (Wildman–Crippen MR) is 80.6 cm³/mol. The zero-order valence-electron chi connectivity index (χ0n) is 11.3. The molecule has 2 heterocycles. The number of aromatic nitrogens is 1. The van der Waals surface area contributed by atoms with Gasteiger partial charge in [0.1, 0.15) is 12.4 Å². The van der Waals surface area contributed by atoms with Crippen molar-refractivity contribution in [3.63, 3.8) is 0 Å². The Balaban J connectivity index is 0.00000162. The summed E-state index contributed by atoms with van der Waals surface area (Å²) in [6, 6.07) is 4.31. The van der Waals surface area contributed by atoms with Crippen LogP contribution in [-0.4, -0.2) is 49.8 Å². The number of likely N-dealkylation sites (tertiary alicyclic amines) is 1. The Bertz CT molecular complexity index is 341. The van der Waals surface area contributed by atoms with Crippen LogP contribution < -0.4 is 4.74 Å². The molecule has 1 saturated heterocycles. The molecule has 6 heteroatoms. The molecule has 110 valence electrons. The second-order valence-corrected chi connectivity index (χ2v) is 4.65. The van der Waals surface area contributed by atoms with Crippen LogP contribution in [0.5, 0.6) is 5.75 Å². The lowest BCUT2D eigenvalue weighted by atomic mass is 10.1. The first kappa shape index (κ1) is 18.4. The van der Waals surface area contributed by atoms with Gasteiger partial charge < -0.3 is 9.47 Å². The third-order valence-corrected chi connectivity index (χ3v) is 3.25. The fraction of sp³-hybridized carbons (Fsp3) is 0.615. The predicted octanol–water partition coefficient (Wildman–Crippen LogP) is 2.27. The topological polar surface area (TPSA) is 34.6 Å². The minimum atomic E-state index is 0. The van der Waals surface area contributed by atoms with Crippen molar-refractivity contribution in [2.45, 2.75) is 12.5 Å². The minimum absolute atomic E-state index is 0. The van der Waals surface area contributed by atoms with Crippen molar-refractivity contribution in [1.82, 2.24) is 9.88 Å². The van der Waals surface area contributed by atoms with Gasteiger partial charge in [-0.15, -0.1) is 24.8 Å². The van der Waals surface area contributed by atoms with E-state index in [0.717, 1.165) is 31.9 Å². The number of likely N-dealkylation sites (N-methyl/N-ethyl adjacent to an activating group) is 1. The zero-order chi connectivity index (χ0) is 12.1. The molecule has 0 aliphatic carbocycles. The standard InChI is InChI=1S/C13H20N2O2.2ClH/c1-15-8-11(9-16-2)6-12(15)10-17-13-4-3-5-14-7-13;;/h3-5,7,11-12H,6,8-10H2,1-2H3;2*1H/t11-,12?;;/m0../s1. The van der Waals surface area contributed by atoms with Crippen LogP contribution in [0, 0.1) is 5.92 Å². The summed E-state index contributed by atoms with van der Waals surface area (Å²) in [6.07, 6.45) is 4.65. The van der Waals surface area contributed by atoms with Crippen LogP contribution in [0.1, 0.15) is 6.42 Å². The summed E-state index contributed by atoms with van der Waals surface area (Å²) >= 11 is 0. The summed E-state index contributed by atoms with van der Waals surface area (Å²) in [6.45, 7) is 2.66. The van der Waals surface area contributed by atoms with E-state index in [4.69, 9.17) is 9.47 Å². The average molecular weight is 309 g/mol. The van der Waals surface area contributed by atoms with Crippen LogP contribution in [0.15, 0.2) is 24.5 Å². The molecule has 0 amide bonds. The van der Waals surface area contributed by atoms with Gasteiger partial charge in [-0.05, 0) is 31.5 Å². The molecule has 0 saturated carbocycles. The Hall–Kier alpha value is -0.550. The maximum Gasteiger partial charge on any atom is 0.137 e. The lowest BCUT2D eigenvalue weighted by molar-refractivity contribution is 0.155. The van der Waals surface area contributed by atoms with Crippen molar-refractivity contribution in [2.24, 2.45) is 5.92 Å². The van der Waals surface area contributed by atoms with Crippen molar-refractivity contribution in [1.29, 1.82) is 0 Å². The van der Waals surface area contributed by atoms with Gasteiger partial charge in [0, 0.05) is 25.9 Å². The highest BCUT2D eigenvalue weighted by Gasteiger charge is 2.29. The number of nitrogens with zero attached hydrogens (tertiary/aromatic N) is 2. The quantitative estimate of drug-likeness (QED) is 0.836. The van der Waals surface area contributed by atoms with Crippen LogP contribution >= 0.6 is 24.8 Å². The monoisotopic (exact) mass is 308 g/mol. The third-order valence-electron chi connectivity index (χ3n) is 3.25. The Kier molecular flexibility index (Phi) is 9.10. The highest BCUT2D eigenvalue weighted by molar-refractivity contribution is 5.85. The van der Waals surface area contributed by atoms with E-state index >= 15 is 0 Å². The van der Waals surface area contributed by atoms with Crippen LogP contribution in [0.25, 0.3) is 0 Å². The number of halogens is 2. The van der Waals surface area contributed by atoms with Crippen molar-refractivity contribution < 1.29 is 9.47 Å². The van der Waals surface area contributed by atoms with Gasteiger partial charge in [-0.25, -0.2) is 0 Å². The van der Waals surface area contributed by atoms with Crippen molar-refractivity contribution in [3.05, 3.63) is 24.5 Å². The lowest BCUT2D eigenvalue weighted by Gasteiger charge is -2.19. The van der Waals surface area contributed by atoms with Crippen LogP contribution in [0.4, 0.5) is 0 Å². The van der Waals surface area contributed by atoms with E-state index < -0.39 is 0 Å². The maximum absolute atomic E-state index is 5.74. The number of pyridine rings is 1. The van der Waals surface area contributed by atoms with Crippen molar-refractivity contribution >= 4 is 24.8 Å². The van der Waals surface area contributed by atoms with Gasteiger partial charge >= 0.3 is 0 Å². The summed E-state index contributed by atoms with van der Waals surface area (Å²) in [5.74, 6) is 1.48. The van der Waals surface area contributed by atoms with Gasteiger partial charge in [0.05, 0.1) is 12.8 Å². The summed E-state index contributed by atoms with van der Waals surface area (Å²) < 4.78 is 10.9. The number of ether oxygens (including phenoxy) is 2. The maximum atomic E-state index is 5.74. The second-order valence-electron chi connectivity index (χ2n) is 4.65. The van der Waals surface area contributed by atoms with Gasteiger partial charge in [-0.2, -0.15) is 0 Å². The summed E-state index contributed by atoms with van der Waals surface area (Å²) in [7, 11) is 3.91. The highest BCUT2D eigenvalue weighted by atomic mass is 35.5. The van der Waals surface area contributed by atoms with Gasteiger partial charge in [-0.3, -0.25) is 9.88 Å². The van der Waals surface area contributed by atoms with Crippen molar-refractivity contribution in [3.8, 4) is 5.75 Å². The largest absolute Gasteiger partial charge is 0.490 e. The molecule has 2 atom stereocenters. The average Bonchev–Trinajstić information content (AvgIpc) is 2.69. The Morgan fingerprint density at radius 3 is 2.79 bits per heavy atom. The fourth-order valence-electron chi connectivity index (χ4n) is 2.37. The van der Waals surface area contributed by atoms with Crippen LogP contribution in [0.3, 0.4) is 0 Å². The molecule has 0 N–H and O–H groups in total. The first-order chi connectivity index (χ1) is 8.29. The second kappa shape index (κ2) is 9.37. The molecule has 0 radical (unpaired) electrons. The lowest BCUT2D eigenvalue weighted by Crippen LogP contribution is -2.30. The summed E-state index contributed by atoms with van der Waals surface area (Å²) in [5, 5.41) is 0. The third kappa shape index (κ3) is 5.53. The molecular weight excluding hydrogens is 287 g/mol. The molecule has 2 rings (SSSR count). The van der Waals surface area contributed by atoms with Gasteiger partial charge in [-0.1, -0.05) is 0 Å². The van der Waals surface area contributed by atoms with E-state index in [1.807, 2.05) is 12.1 Å². The van der Waals surface area contributed by atoms with E-state index in [1.54, 1.807) is 19.5 Å². The molecular formula is C13H22Cl2N2O2. The number of rotatable bonds is 5. The number of methoxy groups -OCH3 is 1. The van der Waals surface area contributed by atoms with Crippen LogP contribution in [-0.2, 0) is 4.74 Å². The smallest absolute Gasteiger partial charge is 0.137 e. The normalized spacial score (nSPS) is 22.4. The highest BCUT2D eigenvalue weighted by Crippen LogP contribution is 2.22. The van der Waals surface area contributed by atoms with Gasteiger partial charge in [0.25, 0.3) is 0 Å². The molecule has 1 fully saturated rings. The molecule has 1 aliphatic rings. The summed E-state index contributed by atoms with van der Waals surface area (Å²) in [5.41, 5.74) is 0. The molecule has 19 heavy (non-hydrogen) atoms. The van der Waals surface area contributed by atoms with E-state index in [1.165, 1.54) is 0 Å². The van der Waals surface area contributed by atoms with Crippen molar-refractivity contribution in [2.75, 3.05) is 33.9 Å². The van der Waals surface area contributed by atoms with E-state index in [-0.39, 0.29) is 24.8 Å². The molecule has 0 bridgehead atoms. The minimum Gasteiger partial charge on any atom is -0.490 e. The van der Waals surface area contributed by atoms with Gasteiger partial charge in [0.15, 0.2) is 0 Å². The first-order valence-corrected chi connectivity index (χ1v) is 6.01. The zero-order valence-corrected chi connectivity index (χ0v) is 13.0. The summed E-state index contributed by atoms with van der Waals surface area (Å²) in [4.78, 5) is 6.38. The molecule has 0 spiro atoms. The molecule has 0 aromatic carbocycles. The van der Waals surface area contributed by atoms with E-state index in [0.29, 0.717) is 12.0 Å². The SMILES string of the molecule is COC[C@H]1CC(COc2cccnc2)N(C)C1.Cl.Cl. The Morgan fingerprint density at radius 2 is 2.16 bits per heavy atom. The molecule has 1 aromatic rings. The molecule has 1 aliphatic heterocycles. The van der Waals surface area contributed by atoms with Crippen LogP contribution in [0.2, 0.25) is 0 Å². The Labute approximate surface area is 127 Å². The molecule has 1 unspecified atom stereocenters. The first-order valence-electron chi connectivity index (χ1n) is 6.01.